The van der Waals surface area contributed by atoms with Crippen molar-refractivity contribution in [2.24, 2.45) is 5.92 Å². The molecule has 0 bridgehead atoms. The molecule has 1 aromatic carbocycles. The Kier molecular flexibility index (Phi) is 3.79. The van der Waals surface area contributed by atoms with Crippen LogP contribution in [0.3, 0.4) is 0 Å². The number of amides is 1. The lowest BCUT2D eigenvalue weighted by molar-refractivity contribution is -0.129. The van der Waals surface area contributed by atoms with Gasteiger partial charge in [-0.2, -0.15) is 0 Å². The zero-order valence-corrected chi connectivity index (χ0v) is 10.2. The summed E-state index contributed by atoms with van der Waals surface area (Å²) in [6.45, 7) is 3.73. The fraction of sp³-hybridized carbons (Fsp3) is 0.500. The van der Waals surface area contributed by atoms with E-state index in [1.807, 2.05) is 36.1 Å². The lowest BCUT2D eigenvalue weighted by Crippen LogP contribution is -2.30. The standard InChI is InChI=1S/C14H19NO2/c1-11-2-4-12(5-3-11)8-14(17)15-7-6-13(9-15)10-16/h2-5,13,16H,6-10H2,1H3/t13-/m1/s1. The average Bonchev–Trinajstić information content (AvgIpc) is 2.81. The summed E-state index contributed by atoms with van der Waals surface area (Å²) in [6, 6.07) is 8.08. The fourth-order valence-electron chi connectivity index (χ4n) is 2.20. The topological polar surface area (TPSA) is 40.5 Å². The molecule has 17 heavy (non-hydrogen) atoms. The average molecular weight is 233 g/mol. The van der Waals surface area contributed by atoms with Gasteiger partial charge in [0.25, 0.3) is 0 Å². The summed E-state index contributed by atoms with van der Waals surface area (Å²) in [6.07, 6.45) is 1.40. The number of hydrogen-bond donors (Lipinski definition) is 1. The van der Waals surface area contributed by atoms with E-state index in [4.69, 9.17) is 5.11 Å². The first-order chi connectivity index (χ1) is 8.19. The molecule has 1 N–H and O–H groups in total. The van der Waals surface area contributed by atoms with Crippen molar-refractivity contribution in [1.29, 1.82) is 0 Å². The van der Waals surface area contributed by atoms with E-state index in [0.717, 1.165) is 18.5 Å². The quantitative estimate of drug-likeness (QED) is 0.856. The summed E-state index contributed by atoms with van der Waals surface area (Å²) in [5, 5.41) is 9.05. The Morgan fingerprint density at radius 3 is 2.71 bits per heavy atom. The van der Waals surface area contributed by atoms with Gasteiger partial charge in [0.1, 0.15) is 0 Å². The van der Waals surface area contributed by atoms with Gasteiger partial charge in [0.05, 0.1) is 6.42 Å². The van der Waals surface area contributed by atoms with Crippen molar-refractivity contribution in [3.8, 4) is 0 Å². The molecular formula is C14H19NO2. The van der Waals surface area contributed by atoms with Crippen LogP contribution in [-0.4, -0.2) is 35.6 Å². The molecule has 92 valence electrons. The number of aliphatic hydroxyl groups excluding tert-OH is 1. The molecule has 2 rings (SSSR count). The maximum atomic E-state index is 12.0. The molecule has 0 aromatic heterocycles. The molecular weight excluding hydrogens is 214 g/mol. The van der Waals surface area contributed by atoms with Crippen molar-refractivity contribution in [3.05, 3.63) is 35.4 Å². The predicted molar refractivity (Wildman–Crippen MR) is 66.7 cm³/mol. The summed E-state index contributed by atoms with van der Waals surface area (Å²) >= 11 is 0. The molecule has 0 saturated carbocycles. The highest BCUT2D eigenvalue weighted by Gasteiger charge is 2.25. The van der Waals surface area contributed by atoms with Crippen molar-refractivity contribution in [2.45, 2.75) is 19.8 Å². The molecule has 0 radical (unpaired) electrons. The molecule has 1 aromatic rings. The molecule has 1 aliphatic rings. The van der Waals surface area contributed by atoms with Crippen LogP contribution in [0.4, 0.5) is 0 Å². The van der Waals surface area contributed by atoms with E-state index in [9.17, 15) is 4.79 Å². The van der Waals surface area contributed by atoms with Crippen molar-refractivity contribution >= 4 is 5.91 Å². The summed E-state index contributed by atoms with van der Waals surface area (Å²) in [5.74, 6) is 0.446. The van der Waals surface area contributed by atoms with Crippen molar-refractivity contribution < 1.29 is 9.90 Å². The van der Waals surface area contributed by atoms with E-state index in [0.29, 0.717) is 13.0 Å². The van der Waals surface area contributed by atoms with Crippen LogP contribution < -0.4 is 0 Å². The van der Waals surface area contributed by atoms with Gasteiger partial charge in [0.2, 0.25) is 5.91 Å². The Morgan fingerprint density at radius 2 is 2.12 bits per heavy atom. The van der Waals surface area contributed by atoms with Gasteiger partial charge in [-0.3, -0.25) is 4.79 Å². The molecule has 1 atom stereocenters. The minimum atomic E-state index is 0.171. The van der Waals surface area contributed by atoms with E-state index in [1.165, 1.54) is 5.56 Å². The second-order valence-corrected chi connectivity index (χ2v) is 4.84. The third kappa shape index (κ3) is 3.07. The third-order valence-corrected chi connectivity index (χ3v) is 3.37. The van der Waals surface area contributed by atoms with E-state index in [-0.39, 0.29) is 18.4 Å². The monoisotopic (exact) mass is 233 g/mol. The largest absolute Gasteiger partial charge is 0.396 e. The summed E-state index contributed by atoms with van der Waals surface area (Å²) < 4.78 is 0. The molecule has 0 aliphatic carbocycles. The first-order valence-corrected chi connectivity index (χ1v) is 6.13. The smallest absolute Gasteiger partial charge is 0.227 e. The van der Waals surface area contributed by atoms with Crippen LogP contribution in [0.2, 0.25) is 0 Å². The molecule has 1 amide bonds. The second kappa shape index (κ2) is 5.32. The number of carbonyl (C=O) groups excluding carboxylic acids is 1. The van der Waals surface area contributed by atoms with E-state index in [1.54, 1.807) is 0 Å². The Labute approximate surface area is 102 Å². The third-order valence-electron chi connectivity index (χ3n) is 3.37. The summed E-state index contributed by atoms with van der Waals surface area (Å²) in [4.78, 5) is 13.9. The van der Waals surface area contributed by atoms with Gasteiger partial charge in [-0.1, -0.05) is 29.8 Å². The zero-order chi connectivity index (χ0) is 12.3. The number of rotatable bonds is 3. The van der Waals surface area contributed by atoms with Crippen molar-refractivity contribution in [1.82, 2.24) is 4.90 Å². The highest BCUT2D eigenvalue weighted by atomic mass is 16.3. The van der Waals surface area contributed by atoms with E-state index < -0.39 is 0 Å². The normalized spacial score (nSPS) is 19.6. The van der Waals surface area contributed by atoms with Crippen LogP contribution in [0, 0.1) is 12.8 Å². The van der Waals surface area contributed by atoms with Gasteiger partial charge in [0, 0.05) is 25.6 Å². The number of aliphatic hydroxyl groups is 1. The SMILES string of the molecule is Cc1ccc(CC(=O)N2CC[C@@H](CO)C2)cc1. The van der Waals surface area contributed by atoms with Crippen molar-refractivity contribution in [2.75, 3.05) is 19.7 Å². The molecule has 1 aliphatic heterocycles. The second-order valence-electron chi connectivity index (χ2n) is 4.84. The maximum Gasteiger partial charge on any atom is 0.227 e. The summed E-state index contributed by atoms with van der Waals surface area (Å²) in [5.41, 5.74) is 2.27. The van der Waals surface area contributed by atoms with E-state index in [2.05, 4.69) is 0 Å². The first kappa shape index (κ1) is 12.1. The minimum absolute atomic E-state index is 0.171. The Hall–Kier alpha value is -1.35. The number of nitrogens with zero attached hydrogens (tertiary/aromatic N) is 1. The highest BCUT2D eigenvalue weighted by Crippen LogP contribution is 2.16. The van der Waals surface area contributed by atoms with Gasteiger partial charge in [0.15, 0.2) is 0 Å². The van der Waals surface area contributed by atoms with Crippen LogP contribution in [0.1, 0.15) is 17.5 Å². The fourth-order valence-corrected chi connectivity index (χ4v) is 2.20. The van der Waals surface area contributed by atoms with Crippen LogP contribution in [0.25, 0.3) is 0 Å². The predicted octanol–water partition coefficient (Wildman–Crippen LogP) is 1.38. The lowest BCUT2D eigenvalue weighted by atomic mass is 10.1. The number of carbonyl (C=O) groups is 1. The van der Waals surface area contributed by atoms with Gasteiger partial charge in [-0.25, -0.2) is 0 Å². The zero-order valence-electron chi connectivity index (χ0n) is 10.2. The molecule has 1 saturated heterocycles. The number of likely N-dealkylation sites (tertiary alicyclic amines) is 1. The van der Waals surface area contributed by atoms with Crippen LogP contribution >= 0.6 is 0 Å². The Bertz CT molecular complexity index is 386. The number of hydrogen-bond acceptors (Lipinski definition) is 2. The van der Waals surface area contributed by atoms with Crippen LogP contribution in [0.15, 0.2) is 24.3 Å². The molecule has 1 fully saturated rings. The van der Waals surface area contributed by atoms with E-state index >= 15 is 0 Å². The van der Waals surface area contributed by atoms with Crippen LogP contribution in [0.5, 0.6) is 0 Å². The Morgan fingerprint density at radius 1 is 1.41 bits per heavy atom. The van der Waals surface area contributed by atoms with Gasteiger partial charge >= 0.3 is 0 Å². The number of benzene rings is 1. The molecule has 1 heterocycles. The lowest BCUT2D eigenvalue weighted by Gasteiger charge is -2.16. The molecule has 3 heteroatoms. The van der Waals surface area contributed by atoms with Gasteiger partial charge in [-0.15, -0.1) is 0 Å². The maximum absolute atomic E-state index is 12.0. The highest BCUT2D eigenvalue weighted by molar-refractivity contribution is 5.79. The molecule has 0 unspecified atom stereocenters. The van der Waals surface area contributed by atoms with Crippen LogP contribution in [-0.2, 0) is 11.2 Å². The minimum Gasteiger partial charge on any atom is -0.396 e. The molecule has 3 nitrogen and oxygen atoms in total. The number of aryl methyl sites for hydroxylation is 1. The molecule has 0 spiro atoms. The Balaban J connectivity index is 1.91. The van der Waals surface area contributed by atoms with Crippen molar-refractivity contribution in [3.63, 3.8) is 0 Å². The summed E-state index contributed by atoms with van der Waals surface area (Å²) in [7, 11) is 0. The van der Waals surface area contributed by atoms with Gasteiger partial charge in [-0.05, 0) is 18.9 Å². The first-order valence-electron chi connectivity index (χ1n) is 6.13. The van der Waals surface area contributed by atoms with Gasteiger partial charge < -0.3 is 10.0 Å².